The quantitative estimate of drug-likeness (QED) is 0.527. The van der Waals surface area contributed by atoms with E-state index >= 15 is 0 Å². The summed E-state index contributed by atoms with van der Waals surface area (Å²) in [5.41, 5.74) is 2.56. The molecule has 0 aliphatic heterocycles. The highest BCUT2D eigenvalue weighted by atomic mass is 16.3. The van der Waals surface area contributed by atoms with Crippen molar-refractivity contribution < 1.29 is 10.2 Å². The van der Waals surface area contributed by atoms with Crippen molar-refractivity contribution in [1.29, 1.82) is 0 Å². The van der Waals surface area contributed by atoms with Crippen molar-refractivity contribution in [2.24, 2.45) is 0 Å². The first kappa shape index (κ1) is 14.6. The summed E-state index contributed by atoms with van der Waals surface area (Å²) in [5, 5.41) is 25.3. The van der Waals surface area contributed by atoms with Gasteiger partial charge in [-0.05, 0) is 46.2 Å². The number of hydrogen-bond donors (Lipinski definition) is 2. The number of aryl methyl sites for hydroxylation is 1. The van der Waals surface area contributed by atoms with Crippen molar-refractivity contribution in [3.63, 3.8) is 0 Å². The minimum absolute atomic E-state index is 0.263. The van der Waals surface area contributed by atoms with Gasteiger partial charge in [-0.15, -0.1) is 0 Å². The predicted octanol–water partition coefficient (Wildman–Crippen LogP) is 5.30. The van der Waals surface area contributed by atoms with Crippen molar-refractivity contribution in [1.82, 2.24) is 0 Å². The number of phenols is 2. The second-order valence-electron chi connectivity index (χ2n) is 6.20. The minimum Gasteiger partial charge on any atom is -0.508 e. The topological polar surface area (TPSA) is 40.5 Å². The molecule has 2 heteroatoms. The smallest absolute Gasteiger partial charge is 0.122 e. The Morgan fingerprint density at radius 1 is 0.708 bits per heavy atom. The molecular weight excluding hydrogens is 296 g/mol. The molecule has 0 radical (unpaired) electrons. The van der Waals surface area contributed by atoms with E-state index in [4.69, 9.17) is 0 Å². The largest absolute Gasteiger partial charge is 0.508 e. The third-order valence-electron chi connectivity index (χ3n) is 4.69. The number of aromatic hydroxyl groups is 2. The van der Waals surface area contributed by atoms with Gasteiger partial charge >= 0.3 is 0 Å². The summed E-state index contributed by atoms with van der Waals surface area (Å²) in [4.78, 5) is 0. The van der Waals surface area contributed by atoms with Gasteiger partial charge < -0.3 is 10.2 Å². The molecule has 0 fully saturated rings. The van der Waals surface area contributed by atoms with E-state index in [1.807, 2.05) is 67.6 Å². The van der Waals surface area contributed by atoms with Crippen LogP contribution in [-0.4, -0.2) is 10.2 Å². The molecule has 0 spiro atoms. The fraction of sp³-hybridized carbons (Fsp3) is 0.0909. The van der Waals surface area contributed by atoms with E-state index in [0.29, 0.717) is 12.2 Å². The van der Waals surface area contributed by atoms with E-state index < -0.39 is 0 Å². The molecule has 0 aromatic heterocycles. The molecular formula is C22H18O2. The maximum absolute atomic E-state index is 10.6. The first-order valence-electron chi connectivity index (χ1n) is 8.05. The van der Waals surface area contributed by atoms with E-state index in [0.717, 1.165) is 38.2 Å². The Morgan fingerprint density at radius 3 is 2.08 bits per heavy atom. The lowest BCUT2D eigenvalue weighted by Gasteiger charge is -2.14. The molecule has 0 unspecified atom stereocenters. The summed E-state index contributed by atoms with van der Waals surface area (Å²) >= 11 is 0. The number of phenolic OH excluding ortho intramolecular Hbond substituents is 2. The fourth-order valence-corrected chi connectivity index (χ4v) is 3.43. The second-order valence-corrected chi connectivity index (χ2v) is 6.20. The molecule has 118 valence electrons. The Hall–Kier alpha value is -3.00. The highest BCUT2D eigenvalue weighted by Gasteiger charge is 2.14. The predicted molar refractivity (Wildman–Crippen MR) is 98.8 cm³/mol. The Bertz CT molecular complexity index is 1060. The van der Waals surface area contributed by atoms with Gasteiger partial charge in [-0.25, -0.2) is 0 Å². The number of hydrogen-bond acceptors (Lipinski definition) is 2. The van der Waals surface area contributed by atoms with Crippen molar-refractivity contribution in [2.45, 2.75) is 13.3 Å². The van der Waals surface area contributed by atoms with Crippen LogP contribution in [0.2, 0.25) is 0 Å². The van der Waals surface area contributed by atoms with Gasteiger partial charge in [-0.3, -0.25) is 0 Å². The first-order valence-corrected chi connectivity index (χ1v) is 8.05. The Balaban J connectivity index is 1.98. The molecule has 4 aromatic rings. The lowest BCUT2D eigenvalue weighted by Crippen LogP contribution is -1.95. The number of rotatable bonds is 2. The normalized spacial score (nSPS) is 11.2. The van der Waals surface area contributed by atoms with E-state index in [1.165, 1.54) is 0 Å². The van der Waals surface area contributed by atoms with Gasteiger partial charge in [0.25, 0.3) is 0 Å². The third-order valence-corrected chi connectivity index (χ3v) is 4.69. The fourth-order valence-electron chi connectivity index (χ4n) is 3.43. The first-order chi connectivity index (χ1) is 11.6. The molecule has 0 saturated heterocycles. The van der Waals surface area contributed by atoms with E-state index in [1.54, 1.807) is 6.07 Å². The zero-order valence-electron chi connectivity index (χ0n) is 13.5. The van der Waals surface area contributed by atoms with Crippen LogP contribution in [-0.2, 0) is 6.42 Å². The molecule has 0 atom stereocenters. The molecule has 24 heavy (non-hydrogen) atoms. The monoisotopic (exact) mass is 314 g/mol. The SMILES string of the molecule is Cc1cc2ccccc2c(Cc2c(O)ccc3ccccc23)c1O. The molecule has 2 nitrogen and oxygen atoms in total. The van der Waals surface area contributed by atoms with E-state index in [9.17, 15) is 10.2 Å². The molecule has 0 bridgehead atoms. The standard InChI is InChI=1S/C22H18O2/c1-14-12-16-7-3-5-9-18(16)20(22(14)24)13-19-17-8-4-2-6-15(17)10-11-21(19)23/h2-12,23-24H,13H2,1H3. The van der Waals surface area contributed by atoms with Gasteiger partial charge in [0.1, 0.15) is 11.5 Å². The molecule has 0 aliphatic rings. The average Bonchev–Trinajstić information content (AvgIpc) is 2.60. The van der Waals surface area contributed by atoms with Crippen molar-refractivity contribution in [3.8, 4) is 11.5 Å². The van der Waals surface area contributed by atoms with Crippen LogP contribution in [0.4, 0.5) is 0 Å². The van der Waals surface area contributed by atoms with Gasteiger partial charge in [0.05, 0.1) is 0 Å². The van der Waals surface area contributed by atoms with Crippen LogP contribution in [0, 0.1) is 6.92 Å². The maximum Gasteiger partial charge on any atom is 0.122 e. The highest BCUT2D eigenvalue weighted by Crippen LogP contribution is 2.36. The Kier molecular flexibility index (Phi) is 3.39. The van der Waals surface area contributed by atoms with Gasteiger partial charge in [-0.1, -0.05) is 54.6 Å². The molecule has 0 heterocycles. The van der Waals surface area contributed by atoms with Gasteiger partial charge in [-0.2, -0.15) is 0 Å². The van der Waals surface area contributed by atoms with Crippen molar-refractivity contribution in [3.05, 3.63) is 83.4 Å². The molecule has 4 aromatic carbocycles. The Morgan fingerprint density at radius 2 is 1.33 bits per heavy atom. The van der Waals surface area contributed by atoms with Crippen molar-refractivity contribution in [2.75, 3.05) is 0 Å². The van der Waals surface area contributed by atoms with Gasteiger partial charge in [0.15, 0.2) is 0 Å². The summed E-state index contributed by atoms with van der Waals surface area (Å²) in [7, 11) is 0. The zero-order chi connectivity index (χ0) is 16.7. The van der Waals surface area contributed by atoms with Gasteiger partial charge in [0.2, 0.25) is 0 Å². The van der Waals surface area contributed by atoms with Gasteiger partial charge in [0, 0.05) is 17.5 Å². The lowest BCUT2D eigenvalue weighted by atomic mass is 9.92. The molecule has 4 rings (SSSR count). The molecule has 0 amide bonds. The zero-order valence-corrected chi connectivity index (χ0v) is 13.5. The summed E-state index contributed by atoms with van der Waals surface area (Å²) in [6.07, 6.45) is 0.487. The van der Waals surface area contributed by atoms with Crippen LogP contribution >= 0.6 is 0 Å². The number of fused-ring (bicyclic) bond motifs is 2. The number of benzene rings is 4. The summed E-state index contributed by atoms with van der Waals surface area (Å²) < 4.78 is 0. The van der Waals surface area contributed by atoms with Crippen LogP contribution < -0.4 is 0 Å². The van der Waals surface area contributed by atoms with Crippen LogP contribution in [0.1, 0.15) is 16.7 Å². The van der Waals surface area contributed by atoms with E-state index in [-0.39, 0.29) is 5.75 Å². The summed E-state index contributed by atoms with van der Waals surface area (Å²) in [6, 6.07) is 21.7. The maximum atomic E-state index is 10.6. The molecule has 2 N–H and O–H groups in total. The molecule has 0 aliphatic carbocycles. The Labute approximate surface area is 140 Å². The van der Waals surface area contributed by atoms with Crippen LogP contribution in [0.5, 0.6) is 11.5 Å². The second kappa shape index (κ2) is 5.57. The lowest BCUT2D eigenvalue weighted by molar-refractivity contribution is 0.462. The highest BCUT2D eigenvalue weighted by molar-refractivity contribution is 5.92. The van der Waals surface area contributed by atoms with E-state index in [2.05, 4.69) is 0 Å². The molecule has 0 saturated carbocycles. The third kappa shape index (κ3) is 2.28. The minimum atomic E-state index is 0.263. The van der Waals surface area contributed by atoms with Crippen LogP contribution in [0.25, 0.3) is 21.5 Å². The van der Waals surface area contributed by atoms with Crippen LogP contribution in [0.3, 0.4) is 0 Å². The average molecular weight is 314 g/mol. The van der Waals surface area contributed by atoms with Crippen LogP contribution in [0.15, 0.2) is 66.7 Å². The van der Waals surface area contributed by atoms with Crippen molar-refractivity contribution >= 4 is 21.5 Å². The summed E-state index contributed by atoms with van der Waals surface area (Å²) in [6.45, 7) is 1.91. The summed E-state index contributed by atoms with van der Waals surface area (Å²) in [5.74, 6) is 0.569.